The van der Waals surface area contributed by atoms with Crippen LogP contribution in [0.4, 0.5) is 10.5 Å². The second-order valence-corrected chi connectivity index (χ2v) is 2.07. The first kappa shape index (κ1) is 11.5. The molecule has 0 spiro atoms. The maximum atomic E-state index is 10.8. The molecule has 0 bridgehead atoms. The van der Waals surface area contributed by atoms with Crippen molar-refractivity contribution in [2.75, 3.05) is 12.4 Å². The average molecular weight is 180 g/mol. The zero-order valence-corrected chi connectivity index (χ0v) is 8.29. The molecule has 0 aromatic heterocycles. The van der Waals surface area contributed by atoms with E-state index in [-0.39, 0.29) is 6.03 Å². The van der Waals surface area contributed by atoms with Crippen LogP contribution >= 0.6 is 0 Å². The summed E-state index contributed by atoms with van der Waals surface area (Å²) in [5.41, 5.74) is 0.798. The number of carbonyl (C=O) groups excluding carboxylic acids is 1. The molecule has 2 N–H and O–H groups in total. The van der Waals surface area contributed by atoms with Crippen molar-refractivity contribution in [3.8, 4) is 0 Å². The Morgan fingerprint density at radius 3 is 2.15 bits per heavy atom. The predicted molar refractivity (Wildman–Crippen MR) is 55.9 cm³/mol. The number of rotatable bonds is 1. The van der Waals surface area contributed by atoms with Crippen LogP contribution in [0.1, 0.15) is 13.8 Å². The zero-order valence-electron chi connectivity index (χ0n) is 8.29. The van der Waals surface area contributed by atoms with Gasteiger partial charge in [0, 0.05) is 12.7 Å². The highest BCUT2D eigenvalue weighted by molar-refractivity contribution is 5.88. The molecule has 0 atom stereocenters. The van der Waals surface area contributed by atoms with Crippen molar-refractivity contribution >= 4 is 11.7 Å². The van der Waals surface area contributed by atoms with E-state index in [0.29, 0.717) is 0 Å². The Hall–Kier alpha value is -1.51. The molecule has 0 aliphatic rings. The molecule has 3 nitrogen and oxygen atoms in total. The first-order valence-electron chi connectivity index (χ1n) is 4.36. The zero-order chi connectivity index (χ0) is 10.1. The highest BCUT2D eigenvalue weighted by atomic mass is 16.2. The summed E-state index contributed by atoms with van der Waals surface area (Å²) < 4.78 is 0. The molecule has 0 aliphatic heterocycles. The van der Waals surface area contributed by atoms with Crippen LogP contribution in [0.2, 0.25) is 0 Å². The van der Waals surface area contributed by atoms with Gasteiger partial charge < -0.3 is 10.6 Å². The standard InChI is InChI=1S/C8H10N2O.C2H6/c1-9-8(11)10-7-5-3-2-4-6-7;1-2/h2-6H,1H3,(H2,9,10,11);1-2H3. The van der Waals surface area contributed by atoms with Crippen molar-refractivity contribution in [3.05, 3.63) is 30.3 Å². The fourth-order valence-electron chi connectivity index (χ4n) is 0.715. The van der Waals surface area contributed by atoms with Crippen LogP contribution in [0.15, 0.2) is 30.3 Å². The van der Waals surface area contributed by atoms with E-state index in [9.17, 15) is 4.79 Å². The van der Waals surface area contributed by atoms with Crippen LogP contribution in [0.25, 0.3) is 0 Å². The molecule has 0 radical (unpaired) electrons. The minimum absolute atomic E-state index is 0.198. The maximum Gasteiger partial charge on any atom is 0.318 e. The number of benzene rings is 1. The topological polar surface area (TPSA) is 41.1 Å². The molecule has 0 saturated carbocycles. The van der Waals surface area contributed by atoms with Crippen LogP contribution < -0.4 is 10.6 Å². The lowest BCUT2D eigenvalue weighted by Gasteiger charge is -2.01. The van der Waals surface area contributed by atoms with E-state index in [1.807, 2.05) is 44.2 Å². The summed E-state index contributed by atoms with van der Waals surface area (Å²) in [5, 5.41) is 5.10. The number of urea groups is 1. The molecule has 3 heteroatoms. The van der Waals surface area contributed by atoms with Gasteiger partial charge in [-0.2, -0.15) is 0 Å². The lowest BCUT2D eigenvalue weighted by molar-refractivity contribution is 0.254. The third-order valence-electron chi connectivity index (χ3n) is 1.26. The van der Waals surface area contributed by atoms with E-state index in [4.69, 9.17) is 0 Å². The van der Waals surface area contributed by atoms with E-state index in [2.05, 4.69) is 10.6 Å². The van der Waals surface area contributed by atoms with E-state index in [1.54, 1.807) is 7.05 Å². The summed E-state index contributed by atoms with van der Waals surface area (Å²) in [4.78, 5) is 10.8. The average Bonchev–Trinajstić information content (AvgIpc) is 2.22. The van der Waals surface area contributed by atoms with Crippen molar-refractivity contribution in [3.63, 3.8) is 0 Å². The monoisotopic (exact) mass is 180 g/mol. The van der Waals surface area contributed by atoms with Crippen LogP contribution in [0, 0.1) is 0 Å². The van der Waals surface area contributed by atoms with Gasteiger partial charge in [0.25, 0.3) is 0 Å². The van der Waals surface area contributed by atoms with Gasteiger partial charge in [0.05, 0.1) is 0 Å². The second-order valence-electron chi connectivity index (χ2n) is 2.07. The number of hydrogen-bond donors (Lipinski definition) is 2. The summed E-state index contributed by atoms with van der Waals surface area (Å²) >= 11 is 0. The van der Waals surface area contributed by atoms with Gasteiger partial charge in [-0.1, -0.05) is 32.0 Å². The molecule has 0 fully saturated rings. The van der Waals surface area contributed by atoms with E-state index in [1.165, 1.54) is 0 Å². The Kier molecular flexibility index (Phi) is 6.32. The van der Waals surface area contributed by atoms with Crippen molar-refractivity contribution in [2.45, 2.75) is 13.8 Å². The van der Waals surface area contributed by atoms with E-state index in [0.717, 1.165) is 5.69 Å². The Bertz CT molecular complexity index is 234. The van der Waals surface area contributed by atoms with Gasteiger partial charge in [0.2, 0.25) is 0 Å². The fourth-order valence-corrected chi connectivity index (χ4v) is 0.715. The lowest BCUT2D eigenvalue weighted by atomic mass is 10.3. The molecular weight excluding hydrogens is 164 g/mol. The maximum absolute atomic E-state index is 10.8. The largest absolute Gasteiger partial charge is 0.341 e. The van der Waals surface area contributed by atoms with Crippen LogP contribution in [-0.2, 0) is 0 Å². The summed E-state index contributed by atoms with van der Waals surface area (Å²) in [6, 6.07) is 9.09. The fraction of sp³-hybridized carbons (Fsp3) is 0.300. The number of amides is 2. The SMILES string of the molecule is CC.CNC(=O)Nc1ccccc1. The summed E-state index contributed by atoms with van der Waals surface area (Å²) in [6.07, 6.45) is 0. The van der Waals surface area contributed by atoms with Crippen LogP contribution in [0.3, 0.4) is 0 Å². The van der Waals surface area contributed by atoms with Crippen molar-refractivity contribution in [1.29, 1.82) is 0 Å². The molecule has 0 saturated heterocycles. The molecule has 13 heavy (non-hydrogen) atoms. The van der Waals surface area contributed by atoms with Crippen molar-refractivity contribution in [2.24, 2.45) is 0 Å². The normalized spacial score (nSPS) is 7.92. The van der Waals surface area contributed by atoms with Crippen molar-refractivity contribution < 1.29 is 4.79 Å². The highest BCUT2D eigenvalue weighted by Crippen LogP contribution is 2.03. The third kappa shape index (κ3) is 4.85. The smallest absolute Gasteiger partial charge is 0.318 e. The van der Waals surface area contributed by atoms with E-state index >= 15 is 0 Å². The van der Waals surface area contributed by atoms with Gasteiger partial charge >= 0.3 is 6.03 Å². The van der Waals surface area contributed by atoms with Gasteiger partial charge in [0.15, 0.2) is 0 Å². The second kappa shape index (κ2) is 7.16. The molecule has 1 rings (SSSR count). The molecule has 1 aromatic carbocycles. The van der Waals surface area contributed by atoms with Gasteiger partial charge in [0.1, 0.15) is 0 Å². The molecular formula is C10H16N2O. The van der Waals surface area contributed by atoms with Gasteiger partial charge in [-0.05, 0) is 12.1 Å². The molecule has 1 aromatic rings. The quantitative estimate of drug-likeness (QED) is 0.684. The minimum atomic E-state index is -0.198. The third-order valence-corrected chi connectivity index (χ3v) is 1.26. The van der Waals surface area contributed by atoms with E-state index < -0.39 is 0 Å². The molecule has 0 unspecified atom stereocenters. The number of para-hydroxylation sites is 1. The summed E-state index contributed by atoms with van der Waals surface area (Å²) in [5.74, 6) is 0. The molecule has 72 valence electrons. The predicted octanol–water partition coefficient (Wildman–Crippen LogP) is 2.46. The minimum Gasteiger partial charge on any atom is -0.341 e. The van der Waals surface area contributed by atoms with Gasteiger partial charge in [-0.15, -0.1) is 0 Å². The first-order chi connectivity index (χ1) is 6.33. The Labute approximate surface area is 79.2 Å². The molecule has 2 amide bonds. The first-order valence-corrected chi connectivity index (χ1v) is 4.36. The lowest BCUT2D eigenvalue weighted by Crippen LogP contribution is -2.24. The Morgan fingerprint density at radius 2 is 1.69 bits per heavy atom. The Balaban J connectivity index is 0.000000671. The van der Waals surface area contributed by atoms with Crippen LogP contribution in [0.5, 0.6) is 0 Å². The molecule has 0 aliphatic carbocycles. The van der Waals surface area contributed by atoms with Crippen molar-refractivity contribution in [1.82, 2.24) is 5.32 Å². The van der Waals surface area contributed by atoms with Crippen LogP contribution in [-0.4, -0.2) is 13.1 Å². The summed E-state index contributed by atoms with van der Waals surface area (Å²) in [7, 11) is 1.58. The number of nitrogens with one attached hydrogen (secondary N) is 2. The number of anilines is 1. The number of hydrogen-bond acceptors (Lipinski definition) is 1. The molecule has 0 heterocycles. The van der Waals surface area contributed by atoms with Gasteiger partial charge in [-0.3, -0.25) is 0 Å². The van der Waals surface area contributed by atoms with Gasteiger partial charge in [-0.25, -0.2) is 4.79 Å². The highest BCUT2D eigenvalue weighted by Gasteiger charge is 1.94. The summed E-state index contributed by atoms with van der Waals surface area (Å²) in [6.45, 7) is 4.00. The number of carbonyl (C=O) groups is 1. The Morgan fingerprint density at radius 1 is 1.15 bits per heavy atom.